The Bertz CT molecular complexity index is 279. The first kappa shape index (κ1) is 9.71. The van der Waals surface area contributed by atoms with Gasteiger partial charge in [0.2, 0.25) is 0 Å². The van der Waals surface area contributed by atoms with Crippen LogP contribution in [0.5, 0.6) is 0 Å². The molecular weight excluding hydrogens is 166 g/mol. The minimum Gasteiger partial charge on any atom is -0.464 e. The minimum absolute atomic E-state index is 0.363. The first-order chi connectivity index (χ1) is 6.27. The van der Waals surface area contributed by atoms with Gasteiger partial charge in [0.05, 0.1) is 7.11 Å². The van der Waals surface area contributed by atoms with Gasteiger partial charge in [-0.15, -0.1) is 0 Å². The van der Waals surface area contributed by atoms with Gasteiger partial charge in [-0.05, 0) is 18.1 Å². The van der Waals surface area contributed by atoms with E-state index in [1.807, 2.05) is 6.07 Å². The SMILES string of the molecule is CCCc1ccc(C(=O)OC)nc1. The average Bonchev–Trinajstić information content (AvgIpc) is 2.18. The molecular formula is C10H13NO2. The number of methoxy groups -OCH3 is 1. The van der Waals surface area contributed by atoms with Crippen LogP contribution >= 0.6 is 0 Å². The van der Waals surface area contributed by atoms with Crippen LogP contribution in [0.3, 0.4) is 0 Å². The zero-order valence-electron chi connectivity index (χ0n) is 7.91. The molecule has 0 fully saturated rings. The Morgan fingerprint density at radius 1 is 1.54 bits per heavy atom. The molecule has 0 atom stereocenters. The van der Waals surface area contributed by atoms with Crippen LogP contribution in [-0.4, -0.2) is 18.1 Å². The van der Waals surface area contributed by atoms with Crippen molar-refractivity contribution in [3.63, 3.8) is 0 Å². The first-order valence-corrected chi connectivity index (χ1v) is 4.31. The average molecular weight is 179 g/mol. The second kappa shape index (κ2) is 4.60. The van der Waals surface area contributed by atoms with Gasteiger partial charge in [-0.2, -0.15) is 0 Å². The molecule has 3 nitrogen and oxygen atoms in total. The molecule has 0 aliphatic rings. The Labute approximate surface area is 77.8 Å². The third-order valence-electron chi connectivity index (χ3n) is 1.76. The number of nitrogens with zero attached hydrogens (tertiary/aromatic N) is 1. The van der Waals surface area contributed by atoms with E-state index >= 15 is 0 Å². The maximum Gasteiger partial charge on any atom is 0.356 e. The van der Waals surface area contributed by atoms with Gasteiger partial charge in [-0.1, -0.05) is 19.4 Å². The fourth-order valence-electron chi connectivity index (χ4n) is 1.09. The van der Waals surface area contributed by atoms with Gasteiger partial charge < -0.3 is 4.74 Å². The van der Waals surface area contributed by atoms with E-state index in [1.165, 1.54) is 7.11 Å². The summed E-state index contributed by atoms with van der Waals surface area (Å²) in [6.07, 6.45) is 3.80. The molecule has 0 aliphatic heterocycles. The van der Waals surface area contributed by atoms with Gasteiger partial charge >= 0.3 is 5.97 Å². The highest BCUT2D eigenvalue weighted by Crippen LogP contribution is 2.03. The first-order valence-electron chi connectivity index (χ1n) is 4.31. The number of esters is 1. The number of pyridine rings is 1. The number of aryl methyl sites for hydroxylation is 1. The quantitative estimate of drug-likeness (QED) is 0.664. The predicted octanol–water partition coefficient (Wildman–Crippen LogP) is 1.82. The molecule has 0 saturated carbocycles. The molecule has 1 aromatic rings. The minimum atomic E-state index is -0.386. The summed E-state index contributed by atoms with van der Waals surface area (Å²) in [5.41, 5.74) is 1.51. The molecule has 0 spiro atoms. The number of rotatable bonds is 3. The smallest absolute Gasteiger partial charge is 0.356 e. The molecule has 0 bridgehead atoms. The molecule has 1 rings (SSSR count). The normalized spacial score (nSPS) is 9.69. The van der Waals surface area contributed by atoms with Gasteiger partial charge in [-0.3, -0.25) is 0 Å². The summed E-state index contributed by atoms with van der Waals surface area (Å²) in [6, 6.07) is 3.60. The highest BCUT2D eigenvalue weighted by molar-refractivity contribution is 5.86. The molecule has 3 heteroatoms. The molecule has 13 heavy (non-hydrogen) atoms. The summed E-state index contributed by atoms with van der Waals surface area (Å²) in [5, 5.41) is 0. The molecule has 0 radical (unpaired) electrons. The van der Waals surface area contributed by atoms with Crippen LogP contribution in [0, 0.1) is 0 Å². The van der Waals surface area contributed by atoms with Crippen LogP contribution in [-0.2, 0) is 11.2 Å². The zero-order chi connectivity index (χ0) is 9.68. The standard InChI is InChI=1S/C10H13NO2/c1-3-4-8-5-6-9(11-7-8)10(12)13-2/h5-7H,3-4H2,1-2H3. The molecule has 0 amide bonds. The number of hydrogen-bond acceptors (Lipinski definition) is 3. The summed E-state index contributed by atoms with van der Waals surface area (Å²) < 4.78 is 4.53. The van der Waals surface area contributed by atoms with Crippen molar-refractivity contribution in [3.8, 4) is 0 Å². The molecule has 1 aromatic heterocycles. The largest absolute Gasteiger partial charge is 0.464 e. The Hall–Kier alpha value is -1.38. The van der Waals surface area contributed by atoms with Gasteiger partial charge in [0, 0.05) is 6.20 Å². The van der Waals surface area contributed by atoms with E-state index in [2.05, 4.69) is 16.6 Å². The second-order valence-corrected chi connectivity index (χ2v) is 2.79. The van der Waals surface area contributed by atoms with Crippen LogP contribution in [0.1, 0.15) is 29.4 Å². The van der Waals surface area contributed by atoms with E-state index < -0.39 is 0 Å². The van der Waals surface area contributed by atoms with Crippen molar-refractivity contribution in [2.45, 2.75) is 19.8 Å². The fraction of sp³-hybridized carbons (Fsp3) is 0.400. The maximum absolute atomic E-state index is 11.0. The molecule has 0 N–H and O–H groups in total. The van der Waals surface area contributed by atoms with E-state index in [9.17, 15) is 4.79 Å². The van der Waals surface area contributed by atoms with E-state index in [-0.39, 0.29) is 5.97 Å². The number of aromatic nitrogens is 1. The van der Waals surface area contributed by atoms with Crippen molar-refractivity contribution in [3.05, 3.63) is 29.6 Å². The molecule has 0 unspecified atom stereocenters. The summed E-state index contributed by atoms with van der Waals surface area (Å²) >= 11 is 0. The molecule has 0 aliphatic carbocycles. The third-order valence-corrected chi connectivity index (χ3v) is 1.76. The van der Waals surface area contributed by atoms with Crippen molar-refractivity contribution in [2.24, 2.45) is 0 Å². The number of carbonyl (C=O) groups is 1. The Morgan fingerprint density at radius 2 is 2.31 bits per heavy atom. The number of ether oxygens (including phenoxy) is 1. The van der Waals surface area contributed by atoms with Crippen LogP contribution < -0.4 is 0 Å². The molecule has 0 aromatic carbocycles. The van der Waals surface area contributed by atoms with Gasteiger partial charge in [-0.25, -0.2) is 9.78 Å². The summed E-state index contributed by atoms with van der Waals surface area (Å²) in [7, 11) is 1.35. The van der Waals surface area contributed by atoms with Crippen LogP contribution in [0.2, 0.25) is 0 Å². The second-order valence-electron chi connectivity index (χ2n) is 2.79. The summed E-state index contributed by atoms with van der Waals surface area (Å²) in [4.78, 5) is 15.0. The molecule has 0 saturated heterocycles. The highest BCUT2D eigenvalue weighted by atomic mass is 16.5. The Balaban J connectivity index is 2.75. The van der Waals surface area contributed by atoms with Crippen molar-refractivity contribution in [1.82, 2.24) is 4.98 Å². The van der Waals surface area contributed by atoms with Crippen molar-refractivity contribution in [1.29, 1.82) is 0 Å². The van der Waals surface area contributed by atoms with Gasteiger partial charge in [0.1, 0.15) is 5.69 Å². The van der Waals surface area contributed by atoms with E-state index in [4.69, 9.17) is 0 Å². The number of carbonyl (C=O) groups excluding carboxylic acids is 1. The summed E-state index contributed by atoms with van der Waals surface area (Å²) in [6.45, 7) is 2.11. The van der Waals surface area contributed by atoms with Crippen molar-refractivity contribution >= 4 is 5.97 Å². The Morgan fingerprint density at radius 3 is 2.77 bits per heavy atom. The summed E-state index contributed by atoms with van der Waals surface area (Å²) in [5.74, 6) is -0.386. The monoisotopic (exact) mass is 179 g/mol. The van der Waals surface area contributed by atoms with E-state index in [1.54, 1.807) is 12.3 Å². The van der Waals surface area contributed by atoms with Crippen LogP contribution in [0.25, 0.3) is 0 Å². The fourth-order valence-corrected chi connectivity index (χ4v) is 1.09. The van der Waals surface area contributed by atoms with Crippen LogP contribution in [0.4, 0.5) is 0 Å². The van der Waals surface area contributed by atoms with Crippen molar-refractivity contribution < 1.29 is 9.53 Å². The van der Waals surface area contributed by atoms with Gasteiger partial charge in [0.25, 0.3) is 0 Å². The highest BCUT2D eigenvalue weighted by Gasteiger charge is 2.05. The van der Waals surface area contributed by atoms with Crippen LogP contribution in [0.15, 0.2) is 18.3 Å². The predicted molar refractivity (Wildman–Crippen MR) is 49.6 cm³/mol. The van der Waals surface area contributed by atoms with Crippen molar-refractivity contribution in [2.75, 3.05) is 7.11 Å². The lowest BCUT2D eigenvalue weighted by molar-refractivity contribution is 0.0594. The zero-order valence-corrected chi connectivity index (χ0v) is 7.91. The van der Waals surface area contributed by atoms with Gasteiger partial charge in [0.15, 0.2) is 0 Å². The lowest BCUT2D eigenvalue weighted by Crippen LogP contribution is -2.03. The van der Waals surface area contributed by atoms with E-state index in [0.717, 1.165) is 18.4 Å². The third kappa shape index (κ3) is 2.54. The Kier molecular flexibility index (Phi) is 3.43. The lowest BCUT2D eigenvalue weighted by Gasteiger charge is -2.00. The topological polar surface area (TPSA) is 39.2 Å². The van der Waals surface area contributed by atoms with E-state index in [0.29, 0.717) is 5.69 Å². The molecule has 1 heterocycles. The maximum atomic E-state index is 11.0. The number of hydrogen-bond donors (Lipinski definition) is 0. The molecule has 70 valence electrons. The lowest BCUT2D eigenvalue weighted by atomic mass is 10.1.